The van der Waals surface area contributed by atoms with Crippen molar-refractivity contribution in [1.29, 1.82) is 0 Å². The van der Waals surface area contributed by atoms with Crippen LogP contribution in [0.15, 0.2) is 0 Å². The molecule has 5 heavy (non-hydrogen) atoms. The van der Waals surface area contributed by atoms with E-state index in [9.17, 15) is 0 Å². The van der Waals surface area contributed by atoms with Crippen LogP contribution in [0.1, 0.15) is 1.43 Å². The summed E-state index contributed by atoms with van der Waals surface area (Å²) in [7, 11) is 0.611. The van der Waals surface area contributed by atoms with Gasteiger partial charge in [0.15, 0.2) is 0 Å². The second kappa shape index (κ2) is 86.0. The van der Waals surface area contributed by atoms with E-state index in [0.717, 1.165) is 0 Å². The topological polar surface area (TPSA) is 34.1 Å². The Morgan fingerprint density at radius 3 is 1.40 bits per heavy atom. The summed E-state index contributed by atoms with van der Waals surface area (Å²) < 4.78 is 16.6. The number of hydrogen-bond donors (Lipinski definition) is 0. The summed E-state index contributed by atoms with van der Waals surface area (Å²) in [5.41, 5.74) is 0. The van der Waals surface area contributed by atoms with Gasteiger partial charge in [0.25, 0.3) is 0 Å². The molecular formula is H4AlLiO2Si. The van der Waals surface area contributed by atoms with Crippen LogP contribution in [-0.4, -0.2) is 26.4 Å². The minimum absolute atomic E-state index is 0. The van der Waals surface area contributed by atoms with Crippen LogP contribution in [0.25, 0.3) is 0 Å². The van der Waals surface area contributed by atoms with E-state index in [1.165, 1.54) is 0 Å². The molecule has 0 radical (unpaired) electrons. The molecule has 0 unspecified atom stereocenters. The number of hydrogen-bond acceptors (Lipinski definition) is 2. The van der Waals surface area contributed by atoms with Crippen molar-refractivity contribution in [3.8, 4) is 0 Å². The van der Waals surface area contributed by atoms with Gasteiger partial charge in [-0.3, -0.25) is 0 Å². The van der Waals surface area contributed by atoms with Gasteiger partial charge in [0.05, 0.1) is 0 Å². The molecule has 2 nitrogen and oxygen atoms in total. The molecule has 0 bridgehead atoms. The van der Waals surface area contributed by atoms with Crippen LogP contribution < -0.4 is 18.9 Å². The fraction of sp³-hybridized carbons (Fsp3) is 0. The molecule has 0 aliphatic heterocycles. The van der Waals surface area contributed by atoms with Crippen molar-refractivity contribution < 1.29 is 28.6 Å². The molecule has 0 saturated heterocycles. The molecule has 0 aromatic carbocycles. The van der Waals surface area contributed by atoms with Crippen molar-refractivity contribution in [2.75, 3.05) is 0 Å². The van der Waals surface area contributed by atoms with E-state index in [0.29, 0.717) is 26.4 Å². The second-order valence-corrected chi connectivity index (χ2v) is 0. The van der Waals surface area contributed by atoms with Gasteiger partial charge in [-0.15, -0.1) is 0 Å². The molecule has 0 aromatic heterocycles. The molecular weight excluding hydrogens is 94.0 g/mol. The van der Waals surface area contributed by atoms with Crippen LogP contribution in [-0.2, 0) is 8.27 Å². The Morgan fingerprint density at radius 1 is 1.40 bits per heavy atom. The molecule has 0 aliphatic carbocycles. The van der Waals surface area contributed by atoms with E-state index >= 15 is 0 Å². The molecule has 0 aromatic rings. The van der Waals surface area contributed by atoms with E-state index in [-0.39, 0.29) is 20.3 Å². The van der Waals surface area contributed by atoms with Crippen molar-refractivity contribution in [1.82, 2.24) is 0 Å². The minimum atomic E-state index is 0. The first-order valence-electron chi connectivity index (χ1n) is 0.577. The second-order valence-electron chi connectivity index (χ2n) is 0. The van der Waals surface area contributed by atoms with E-state index < -0.39 is 0 Å². The van der Waals surface area contributed by atoms with Crippen molar-refractivity contribution in [3.63, 3.8) is 0 Å². The predicted octanol–water partition coefficient (Wildman–Crippen LogP) is -4.69. The molecule has 0 atom stereocenters. The van der Waals surface area contributed by atoms with Gasteiger partial charge in [0, 0.05) is 0 Å². The maximum absolute atomic E-state index is 8.28. The van der Waals surface area contributed by atoms with Gasteiger partial charge in [-0.25, -0.2) is 0 Å². The van der Waals surface area contributed by atoms with Crippen LogP contribution in [0.3, 0.4) is 0 Å². The van der Waals surface area contributed by atoms with Crippen LogP contribution >= 0.6 is 0 Å². The molecule has 0 spiro atoms. The summed E-state index contributed by atoms with van der Waals surface area (Å²) in [6, 6.07) is 0. The van der Waals surface area contributed by atoms with E-state index in [4.69, 9.17) is 8.27 Å². The summed E-state index contributed by atoms with van der Waals surface area (Å²) in [6.07, 6.45) is 0. The average molecular weight is 98.0 g/mol. The van der Waals surface area contributed by atoms with Crippen LogP contribution in [0.4, 0.5) is 0 Å². The zero-order chi connectivity index (χ0) is 4.00. The van der Waals surface area contributed by atoms with Gasteiger partial charge < -0.3 is 5.89 Å². The molecule has 5 heteroatoms. The van der Waals surface area contributed by atoms with Gasteiger partial charge in [-0.2, -0.15) is 0 Å². The first kappa shape index (κ1) is 16.8. The van der Waals surface area contributed by atoms with Crippen molar-refractivity contribution >= 4 is 26.4 Å². The van der Waals surface area contributed by atoms with Crippen LogP contribution in [0.2, 0.25) is 0 Å². The number of rotatable bonds is 0. The van der Waals surface area contributed by atoms with Gasteiger partial charge in [0.1, 0.15) is 0 Å². The summed E-state index contributed by atoms with van der Waals surface area (Å²) >= 11 is 0.611. The Balaban J connectivity index is -0.00000000500. The predicted molar refractivity (Wildman–Crippen MR) is 18.2 cm³/mol. The summed E-state index contributed by atoms with van der Waals surface area (Å²) in [6.45, 7) is 0. The Bertz CT molecular complexity index is 15.5. The Kier molecular flexibility index (Phi) is 288. The first-order chi connectivity index (χ1) is 2.00. The summed E-state index contributed by atoms with van der Waals surface area (Å²) in [4.78, 5) is 0. The van der Waals surface area contributed by atoms with Crippen molar-refractivity contribution in [2.45, 2.75) is 0 Å². The third kappa shape index (κ3) is 47.9. The third-order valence-electron chi connectivity index (χ3n) is 0. The van der Waals surface area contributed by atoms with E-state index in [2.05, 4.69) is 0 Å². The van der Waals surface area contributed by atoms with Gasteiger partial charge >= 0.3 is 38.9 Å². The Morgan fingerprint density at radius 2 is 1.40 bits per heavy atom. The Labute approximate surface area is 55.1 Å². The third-order valence-corrected chi connectivity index (χ3v) is 0. The monoisotopic (exact) mass is 98.0 g/mol. The molecule has 0 fully saturated rings. The fourth-order valence-corrected chi connectivity index (χ4v) is 0. The fourth-order valence-electron chi connectivity index (χ4n) is 0. The van der Waals surface area contributed by atoms with Gasteiger partial charge in [0.2, 0.25) is 10.1 Å². The zero-order valence-electron chi connectivity index (χ0n) is 4.23. The van der Waals surface area contributed by atoms with Crippen molar-refractivity contribution in [2.24, 2.45) is 0 Å². The quantitative estimate of drug-likeness (QED) is 0.285. The SMILES string of the molecule is O=[SiH2].[H-].[Li+].[O]=[AlH]. The summed E-state index contributed by atoms with van der Waals surface area (Å²) in [5.74, 6) is 0. The molecule has 0 rings (SSSR count). The van der Waals surface area contributed by atoms with Crippen molar-refractivity contribution in [3.05, 3.63) is 0 Å². The molecule has 0 saturated carbocycles. The molecule has 0 aliphatic rings. The van der Waals surface area contributed by atoms with Crippen LogP contribution in [0, 0.1) is 0 Å². The van der Waals surface area contributed by atoms with Crippen LogP contribution in [0.5, 0.6) is 0 Å². The molecule has 0 heterocycles. The zero-order valence-corrected chi connectivity index (χ0v) is 6.06. The van der Waals surface area contributed by atoms with Gasteiger partial charge in [-0.05, 0) is 0 Å². The molecule has 0 amide bonds. The first-order valence-corrected chi connectivity index (χ1v) is 1.73. The average Bonchev–Trinajstić information content (AvgIpc) is 1.50. The standard InChI is InChI=1S/Al.Li.H2OSi.O.2H/c;;1-2;;;/h;;2H2;;;/q;+1;;;;-1. The molecule has 24 valence electrons. The van der Waals surface area contributed by atoms with Gasteiger partial charge in [-0.1, -0.05) is 0 Å². The van der Waals surface area contributed by atoms with E-state index in [1.54, 1.807) is 0 Å². The normalized spacial score (nSPS) is 1.40. The molecule has 0 N–H and O–H groups in total. The van der Waals surface area contributed by atoms with E-state index in [1.807, 2.05) is 0 Å². The summed E-state index contributed by atoms with van der Waals surface area (Å²) in [5, 5.41) is 0. The maximum atomic E-state index is 8.28. The Hall–Kier alpha value is 0.947.